The van der Waals surface area contributed by atoms with Crippen molar-refractivity contribution in [3.05, 3.63) is 0 Å². The Morgan fingerprint density at radius 3 is 2.70 bits per heavy atom. The van der Waals surface area contributed by atoms with Crippen LogP contribution < -0.4 is 0 Å². The molecule has 58 valence electrons. The zero-order valence-corrected chi connectivity index (χ0v) is 5.65. The van der Waals surface area contributed by atoms with Gasteiger partial charge in [-0.2, -0.15) is 0 Å². The molecule has 0 aromatic heterocycles. The number of esters is 1. The molecular formula is C6H10O4. The second-order valence-electron chi connectivity index (χ2n) is 2.48. The number of hydrogen-bond acceptors (Lipinski definition) is 4. The minimum absolute atomic E-state index is 0.118. The Bertz CT molecular complexity index is 145. The van der Waals surface area contributed by atoms with Crippen molar-refractivity contribution in [3.63, 3.8) is 0 Å². The van der Waals surface area contributed by atoms with Gasteiger partial charge in [0.2, 0.25) is 6.29 Å². The second-order valence-corrected chi connectivity index (χ2v) is 2.48. The number of carbonyl (C=O) groups excluding carboxylic acids is 1. The van der Waals surface area contributed by atoms with Crippen molar-refractivity contribution in [2.24, 2.45) is 5.92 Å². The zero-order chi connectivity index (χ0) is 7.72. The van der Waals surface area contributed by atoms with Crippen LogP contribution >= 0.6 is 0 Å². The van der Waals surface area contributed by atoms with Gasteiger partial charge in [0.1, 0.15) is 0 Å². The van der Waals surface area contributed by atoms with Crippen LogP contribution in [0.25, 0.3) is 0 Å². The molecule has 3 atom stereocenters. The van der Waals surface area contributed by atoms with E-state index in [0.29, 0.717) is 0 Å². The Hall–Kier alpha value is -0.610. The van der Waals surface area contributed by atoms with Gasteiger partial charge in [0.25, 0.3) is 0 Å². The average molecular weight is 146 g/mol. The summed E-state index contributed by atoms with van der Waals surface area (Å²) >= 11 is 0. The summed E-state index contributed by atoms with van der Waals surface area (Å²) in [6.45, 7) is 1.57. The van der Waals surface area contributed by atoms with Gasteiger partial charge in [-0.15, -0.1) is 0 Å². The minimum Gasteiger partial charge on any atom is -0.436 e. The van der Waals surface area contributed by atoms with Gasteiger partial charge in [0.05, 0.1) is 12.0 Å². The first kappa shape index (κ1) is 7.50. The van der Waals surface area contributed by atoms with Gasteiger partial charge in [0, 0.05) is 6.42 Å². The fourth-order valence-corrected chi connectivity index (χ4v) is 0.857. The summed E-state index contributed by atoms with van der Waals surface area (Å²) in [5, 5.41) is 17.8. The van der Waals surface area contributed by atoms with Gasteiger partial charge < -0.3 is 14.9 Å². The van der Waals surface area contributed by atoms with Crippen LogP contribution in [-0.4, -0.2) is 28.6 Å². The molecule has 0 aromatic rings. The van der Waals surface area contributed by atoms with Crippen molar-refractivity contribution in [2.75, 3.05) is 0 Å². The van der Waals surface area contributed by atoms with E-state index >= 15 is 0 Å². The third-order valence-electron chi connectivity index (χ3n) is 1.64. The smallest absolute Gasteiger partial charge is 0.313 e. The summed E-state index contributed by atoms with van der Waals surface area (Å²) in [6, 6.07) is 0. The Labute approximate surface area is 58.4 Å². The molecule has 1 saturated heterocycles. The molecule has 2 N–H and O–H groups in total. The summed E-state index contributed by atoms with van der Waals surface area (Å²) < 4.78 is 4.43. The third kappa shape index (κ3) is 1.27. The highest BCUT2D eigenvalue weighted by atomic mass is 16.6. The number of hydrogen-bond donors (Lipinski definition) is 2. The highest BCUT2D eigenvalue weighted by Crippen LogP contribution is 2.18. The average Bonchev–Trinajstić information content (AvgIpc) is 1.82. The molecule has 1 heterocycles. The van der Waals surface area contributed by atoms with Crippen LogP contribution in [0.2, 0.25) is 0 Å². The van der Waals surface area contributed by atoms with E-state index in [9.17, 15) is 4.79 Å². The van der Waals surface area contributed by atoms with Gasteiger partial charge in [-0.05, 0) is 6.92 Å². The number of aliphatic hydroxyl groups excluding tert-OH is 2. The first-order valence-corrected chi connectivity index (χ1v) is 3.18. The second kappa shape index (κ2) is 2.56. The van der Waals surface area contributed by atoms with Crippen molar-refractivity contribution < 1.29 is 19.7 Å². The molecule has 0 radical (unpaired) electrons. The lowest BCUT2D eigenvalue weighted by molar-refractivity contribution is -0.195. The largest absolute Gasteiger partial charge is 0.436 e. The molecule has 0 unspecified atom stereocenters. The maximum atomic E-state index is 10.7. The minimum atomic E-state index is -1.13. The fourth-order valence-electron chi connectivity index (χ4n) is 0.857. The standard InChI is InChI=1S/C6H10O4/c1-3-4(7)2-5(8)10-6(3)9/h3-5,7-8H,2H2,1H3/t3-,4-,5-/m0/s1. The first-order valence-electron chi connectivity index (χ1n) is 3.18. The van der Waals surface area contributed by atoms with Crippen molar-refractivity contribution in [2.45, 2.75) is 25.7 Å². The Morgan fingerprint density at radius 2 is 2.20 bits per heavy atom. The number of aliphatic hydroxyl groups is 2. The molecule has 0 aliphatic carbocycles. The number of cyclic esters (lactones) is 1. The molecule has 1 fully saturated rings. The van der Waals surface area contributed by atoms with Gasteiger partial charge in [0.15, 0.2) is 0 Å². The van der Waals surface area contributed by atoms with Crippen LogP contribution in [-0.2, 0) is 9.53 Å². The molecule has 1 rings (SSSR count). The van der Waals surface area contributed by atoms with Crippen LogP contribution in [0.1, 0.15) is 13.3 Å². The van der Waals surface area contributed by atoms with Crippen LogP contribution in [0.15, 0.2) is 0 Å². The normalized spacial score (nSPS) is 41.1. The summed E-state index contributed by atoms with van der Waals surface area (Å²) in [5.74, 6) is -1.05. The Kier molecular flexibility index (Phi) is 1.92. The molecule has 0 aromatic carbocycles. The molecule has 0 amide bonds. The highest BCUT2D eigenvalue weighted by molar-refractivity contribution is 5.73. The SMILES string of the molecule is C[C@@H]1C(=O)O[C@H](O)C[C@@H]1O. The van der Waals surface area contributed by atoms with E-state index in [1.54, 1.807) is 6.92 Å². The highest BCUT2D eigenvalue weighted by Gasteiger charge is 2.32. The summed E-state index contributed by atoms with van der Waals surface area (Å²) in [7, 11) is 0. The molecule has 0 bridgehead atoms. The molecule has 1 aliphatic rings. The predicted molar refractivity (Wildman–Crippen MR) is 31.9 cm³/mol. The van der Waals surface area contributed by atoms with Crippen LogP contribution in [0.4, 0.5) is 0 Å². The maximum Gasteiger partial charge on any atom is 0.313 e. The maximum absolute atomic E-state index is 10.7. The third-order valence-corrected chi connectivity index (χ3v) is 1.64. The van der Waals surface area contributed by atoms with Gasteiger partial charge in [-0.25, -0.2) is 0 Å². The van der Waals surface area contributed by atoms with E-state index in [4.69, 9.17) is 10.2 Å². The van der Waals surface area contributed by atoms with Crippen molar-refractivity contribution in [3.8, 4) is 0 Å². The molecule has 10 heavy (non-hydrogen) atoms. The van der Waals surface area contributed by atoms with Gasteiger partial charge in [-0.1, -0.05) is 0 Å². The van der Waals surface area contributed by atoms with E-state index < -0.39 is 24.3 Å². The van der Waals surface area contributed by atoms with E-state index in [0.717, 1.165) is 0 Å². The molecule has 0 saturated carbocycles. The number of carbonyl (C=O) groups is 1. The van der Waals surface area contributed by atoms with E-state index in [1.807, 2.05) is 0 Å². The Morgan fingerprint density at radius 1 is 1.60 bits per heavy atom. The van der Waals surface area contributed by atoms with Crippen LogP contribution in [0.3, 0.4) is 0 Å². The van der Waals surface area contributed by atoms with Crippen molar-refractivity contribution in [1.29, 1.82) is 0 Å². The monoisotopic (exact) mass is 146 g/mol. The summed E-state index contributed by atoms with van der Waals surface area (Å²) in [4.78, 5) is 10.7. The van der Waals surface area contributed by atoms with Crippen LogP contribution in [0, 0.1) is 5.92 Å². The predicted octanol–water partition coefficient (Wildman–Crippen LogP) is -0.751. The van der Waals surface area contributed by atoms with Crippen molar-refractivity contribution in [1.82, 2.24) is 0 Å². The Balaban J connectivity index is 2.57. The van der Waals surface area contributed by atoms with Gasteiger partial charge in [-0.3, -0.25) is 4.79 Å². The lowest BCUT2D eigenvalue weighted by atomic mass is 10.00. The number of rotatable bonds is 0. The lowest BCUT2D eigenvalue weighted by Crippen LogP contribution is -2.39. The van der Waals surface area contributed by atoms with Gasteiger partial charge >= 0.3 is 5.97 Å². The zero-order valence-electron chi connectivity index (χ0n) is 5.65. The topological polar surface area (TPSA) is 66.8 Å². The molecular weight excluding hydrogens is 136 g/mol. The molecule has 1 aliphatic heterocycles. The quantitative estimate of drug-likeness (QED) is 0.441. The van der Waals surface area contributed by atoms with E-state index in [2.05, 4.69) is 4.74 Å². The molecule has 4 heteroatoms. The van der Waals surface area contributed by atoms with Crippen LogP contribution in [0.5, 0.6) is 0 Å². The van der Waals surface area contributed by atoms with E-state index in [-0.39, 0.29) is 6.42 Å². The van der Waals surface area contributed by atoms with E-state index in [1.165, 1.54) is 0 Å². The first-order chi connectivity index (χ1) is 4.61. The van der Waals surface area contributed by atoms with Crippen molar-refractivity contribution >= 4 is 5.97 Å². The fraction of sp³-hybridized carbons (Fsp3) is 0.833. The molecule has 4 nitrogen and oxygen atoms in total. The lowest BCUT2D eigenvalue weighted by Gasteiger charge is -2.26. The number of ether oxygens (including phenoxy) is 1. The molecule has 0 spiro atoms. The summed E-state index contributed by atoms with van der Waals surface area (Å²) in [5.41, 5.74) is 0. The summed E-state index contributed by atoms with van der Waals surface area (Å²) in [6.07, 6.45) is -1.78.